The van der Waals surface area contributed by atoms with E-state index in [0.29, 0.717) is 30.1 Å². The second-order valence-corrected chi connectivity index (χ2v) is 9.56. The summed E-state index contributed by atoms with van der Waals surface area (Å²) in [5, 5.41) is 4.31. The third-order valence-corrected chi connectivity index (χ3v) is 7.61. The molecule has 2 aliphatic rings. The highest BCUT2D eigenvalue weighted by atomic mass is 19.4. The van der Waals surface area contributed by atoms with Gasteiger partial charge in [-0.25, -0.2) is 18.9 Å². The molecule has 2 N–H and O–H groups in total. The van der Waals surface area contributed by atoms with E-state index in [0.717, 1.165) is 36.7 Å². The lowest BCUT2D eigenvalue weighted by Crippen LogP contribution is -2.44. The molecule has 0 radical (unpaired) electrons. The van der Waals surface area contributed by atoms with E-state index < -0.39 is 17.7 Å². The number of piperidine rings is 1. The minimum atomic E-state index is -4.91. The molecule has 6 rings (SSSR count). The summed E-state index contributed by atoms with van der Waals surface area (Å²) in [5.74, 6) is -0.779. The van der Waals surface area contributed by atoms with Crippen LogP contribution in [-0.2, 0) is 12.6 Å². The van der Waals surface area contributed by atoms with Gasteiger partial charge in [-0.3, -0.25) is 4.98 Å². The predicted octanol–water partition coefficient (Wildman–Crippen LogP) is 4.50. The van der Waals surface area contributed by atoms with Gasteiger partial charge in [-0.05, 0) is 55.4 Å². The highest BCUT2D eigenvalue weighted by Crippen LogP contribution is 2.50. The Labute approximate surface area is 204 Å². The minimum Gasteiger partial charge on any atom is -0.355 e. The number of rotatable bonds is 2. The normalized spacial score (nSPS) is 19.3. The van der Waals surface area contributed by atoms with Crippen LogP contribution in [0.1, 0.15) is 41.5 Å². The van der Waals surface area contributed by atoms with Crippen molar-refractivity contribution < 1.29 is 17.6 Å². The lowest BCUT2D eigenvalue weighted by atomic mass is 9.73. The van der Waals surface area contributed by atoms with Crippen molar-refractivity contribution in [3.8, 4) is 11.3 Å². The summed E-state index contributed by atoms with van der Waals surface area (Å²) >= 11 is 0. The summed E-state index contributed by atoms with van der Waals surface area (Å²) in [7, 11) is 0. The molecule has 1 spiro atoms. The number of hydrogen-bond acceptors (Lipinski definition) is 6. The van der Waals surface area contributed by atoms with Gasteiger partial charge in [-0.15, -0.1) is 0 Å². The zero-order chi connectivity index (χ0) is 25.2. The molecule has 0 aromatic carbocycles. The topological polar surface area (TPSA) is 85.2 Å². The van der Waals surface area contributed by atoms with Crippen LogP contribution in [0, 0.1) is 18.2 Å². The number of nitrogens with two attached hydrogens (primary N) is 1. The summed E-state index contributed by atoms with van der Waals surface area (Å²) in [6.07, 6.45) is 1.91. The highest BCUT2D eigenvalue weighted by molar-refractivity contribution is 5.76. The van der Waals surface area contributed by atoms with E-state index in [9.17, 15) is 17.6 Å². The fraction of sp³-hybridized carbons (Fsp3) is 0.360. The van der Waals surface area contributed by atoms with Crippen molar-refractivity contribution in [1.29, 1.82) is 0 Å². The van der Waals surface area contributed by atoms with Crippen molar-refractivity contribution in [2.75, 3.05) is 18.0 Å². The van der Waals surface area contributed by atoms with Gasteiger partial charge in [0.2, 0.25) is 0 Å². The van der Waals surface area contributed by atoms with Crippen molar-refractivity contribution in [1.82, 2.24) is 24.6 Å². The van der Waals surface area contributed by atoms with E-state index in [4.69, 9.17) is 10.7 Å². The second kappa shape index (κ2) is 7.95. The Morgan fingerprint density at radius 2 is 1.83 bits per heavy atom. The van der Waals surface area contributed by atoms with Crippen LogP contribution in [0.4, 0.5) is 23.4 Å². The number of aryl methyl sites for hydroxylation is 1. The summed E-state index contributed by atoms with van der Waals surface area (Å²) < 4.78 is 56.3. The fourth-order valence-corrected chi connectivity index (χ4v) is 5.75. The molecule has 0 bridgehead atoms. The maximum atomic E-state index is 15.0. The van der Waals surface area contributed by atoms with Crippen LogP contribution in [0.15, 0.2) is 42.9 Å². The van der Waals surface area contributed by atoms with Gasteiger partial charge in [0.25, 0.3) is 0 Å². The third kappa shape index (κ3) is 3.36. The quantitative estimate of drug-likeness (QED) is 0.411. The SMILES string of the molecule is Cc1nc(N2CCC3(CC2)Cc2ncccc2[C@H]3N)c2ccnn2c1-c1ccnc(C(F)(F)F)c1F. The van der Waals surface area contributed by atoms with E-state index in [1.165, 1.54) is 16.8 Å². The zero-order valence-corrected chi connectivity index (χ0v) is 19.4. The van der Waals surface area contributed by atoms with E-state index in [1.807, 2.05) is 6.07 Å². The molecule has 4 aromatic rings. The largest absolute Gasteiger partial charge is 0.436 e. The van der Waals surface area contributed by atoms with Gasteiger partial charge < -0.3 is 10.6 Å². The van der Waals surface area contributed by atoms with Gasteiger partial charge in [0.1, 0.15) is 5.52 Å². The Hall–Kier alpha value is -3.60. The van der Waals surface area contributed by atoms with Crippen LogP contribution < -0.4 is 10.6 Å². The summed E-state index contributed by atoms with van der Waals surface area (Å²) in [6.45, 7) is 3.06. The first-order valence-corrected chi connectivity index (χ1v) is 11.7. The molecule has 5 heterocycles. The number of hydrogen-bond donors (Lipinski definition) is 1. The lowest BCUT2D eigenvalue weighted by Gasteiger charge is -2.42. The third-order valence-electron chi connectivity index (χ3n) is 7.61. The van der Waals surface area contributed by atoms with Crippen molar-refractivity contribution in [3.05, 3.63) is 71.3 Å². The molecule has 0 unspecified atom stereocenters. The van der Waals surface area contributed by atoms with Crippen LogP contribution in [0.5, 0.6) is 0 Å². The number of nitrogens with zero attached hydrogens (tertiary/aromatic N) is 6. The second-order valence-electron chi connectivity index (χ2n) is 9.56. The standard InChI is InChI=1S/C25H23F4N7/c1-14-20(16-4-9-32-22(19(16)26)25(27,28)29)36-18(5-10-33-36)23(34-14)35-11-6-24(7-12-35)13-17-15(21(24)30)3-2-8-31-17/h2-5,8-10,21H,6-7,11-13,30H2,1H3/t21-/m1/s1. The molecule has 11 heteroatoms. The number of aromatic nitrogens is 5. The highest BCUT2D eigenvalue weighted by Gasteiger charge is 2.47. The van der Waals surface area contributed by atoms with Crippen LogP contribution in [-0.4, -0.2) is 37.7 Å². The molecule has 7 nitrogen and oxygen atoms in total. The summed E-state index contributed by atoms with van der Waals surface area (Å²) in [6, 6.07) is 6.85. The van der Waals surface area contributed by atoms with Crippen LogP contribution in [0.25, 0.3) is 16.8 Å². The molecule has 1 aliphatic heterocycles. The first-order valence-electron chi connectivity index (χ1n) is 11.7. The molecule has 1 saturated heterocycles. The van der Waals surface area contributed by atoms with E-state index in [1.54, 1.807) is 19.2 Å². The molecule has 1 atom stereocenters. The molecular formula is C25H23F4N7. The van der Waals surface area contributed by atoms with Crippen molar-refractivity contribution >= 4 is 11.3 Å². The maximum Gasteiger partial charge on any atom is 0.436 e. The van der Waals surface area contributed by atoms with E-state index >= 15 is 0 Å². The van der Waals surface area contributed by atoms with Crippen molar-refractivity contribution in [2.45, 2.75) is 38.4 Å². The molecule has 1 aliphatic carbocycles. The number of halogens is 4. The Balaban J connectivity index is 1.35. The van der Waals surface area contributed by atoms with Gasteiger partial charge >= 0.3 is 6.18 Å². The van der Waals surface area contributed by atoms with E-state index in [2.05, 4.69) is 26.0 Å². The van der Waals surface area contributed by atoms with Gasteiger partial charge in [0.05, 0.1) is 17.6 Å². The summed E-state index contributed by atoms with van der Waals surface area (Å²) in [4.78, 5) is 14.6. The minimum absolute atomic E-state index is 0.0626. The number of pyridine rings is 2. The van der Waals surface area contributed by atoms with Gasteiger partial charge in [-0.2, -0.15) is 18.3 Å². The molecule has 4 aromatic heterocycles. The Morgan fingerprint density at radius 1 is 1.06 bits per heavy atom. The maximum absolute atomic E-state index is 15.0. The fourth-order valence-electron chi connectivity index (χ4n) is 5.75. The Bertz CT molecular complexity index is 1470. The average molecular weight is 498 g/mol. The molecule has 0 saturated carbocycles. The Morgan fingerprint density at radius 3 is 2.56 bits per heavy atom. The van der Waals surface area contributed by atoms with Crippen LogP contribution in [0.2, 0.25) is 0 Å². The average Bonchev–Trinajstić information content (AvgIpc) is 3.43. The van der Waals surface area contributed by atoms with Crippen molar-refractivity contribution in [3.63, 3.8) is 0 Å². The van der Waals surface area contributed by atoms with E-state index in [-0.39, 0.29) is 22.7 Å². The predicted molar refractivity (Wildman–Crippen MR) is 125 cm³/mol. The number of anilines is 1. The monoisotopic (exact) mass is 497 g/mol. The summed E-state index contributed by atoms with van der Waals surface area (Å²) in [5.41, 5.74) is 8.10. The van der Waals surface area contributed by atoms with Gasteiger partial charge in [0, 0.05) is 42.8 Å². The smallest absolute Gasteiger partial charge is 0.355 e. The van der Waals surface area contributed by atoms with Crippen LogP contribution >= 0.6 is 0 Å². The zero-order valence-electron chi connectivity index (χ0n) is 19.4. The molecule has 36 heavy (non-hydrogen) atoms. The lowest BCUT2D eigenvalue weighted by molar-refractivity contribution is -0.143. The van der Waals surface area contributed by atoms with Crippen molar-refractivity contribution in [2.24, 2.45) is 11.1 Å². The molecule has 1 fully saturated rings. The van der Waals surface area contributed by atoms with Crippen LogP contribution in [0.3, 0.4) is 0 Å². The number of fused-ring (bicyclic) bond motifs is 2. The molecule has 186 valence electrons. The Kier molecular flexibility index (Phi) is 5.05. The first-order chi connectivity index (χ1) is 17.2. The molecule has 0 amide bonds. The number of alkyl halides is 3. The first kappa shape index (κ1) is 22.8. The van der Waals surface area contributed by atoms with Gasteiger partial charge in [0.15, 0.2) is 17.3 Å². The van der Waals surface area contributed by atoms with Gasteiger partial charge in [-0.1, -0.05) is 6.07 Å². The molecular weight excluding hydrogens is 474 g/mol.